The molecule has 0 aromatic heterocycles. The van der Waals surface area contributed by atoms with Gasteiger partial charge in [-0.2, -0.15) is 0 Å². The van der Waals surface area contributed by atoms with E-state index in [2.05, 4.69) is 43.0 Å². The molecule has 126 valence electrons. The zero-order valence-electron chi connectivity index (χ0n) is 14.6. The second-order valence-corrected chi connectivity index (χ2v) is 9.10. The summed E-state index contributed by atoms with van der Waals surface area (Å²) in [7, 11) is 1.70. The summed E-state index contributed by atoms with van der Waals surface area (Å²) in [5, 5.41) is 0. The zero-order valence-corrected chi connectivity index (χ0v) is 15.4. The molecule has 1 saturated carbocycles. The zero-order chi connectivity index (χ0) is 16.7. The van der Waals surface area contributed by atoms with Gasteiger partial charge >= 0.3 is 0 Å². The van der Waals surface area contributed by atoms with Crippen LogP contribution in [0.2, 0.25) is 0 Å². The first kappa shape index (κ1) is 16.7. The minimum atomic E-state index is -0.159. The Labute approximate surface area is 143 Å². The molecular formula is C19H27NO2S. The average molecular weight is 333 g/mol. The summed E-state index contributed by atoms with van der Waals surface area (Å²) in [6, 6.07) is 8.79. The SMILES string of the molecule is COc1ccc([C@]23CCCCC[C@H]2N(C(C)=O)C(C)(C)S3)cc1. The predicted octanol–water partition coefficient (Wildman–Crippen LogP) is 4.55. The molecule has 0 bridgehead atoms. The molecule has 2 aliphatic rings. The molecular weight excluding hydrogens is 306 g/mol. The van der Waals surface area contributed by atoms with Crippen molar-refractivity contribution in [1.29, 1.82) is 0 Å². The van der Waals surface area contributed by atoms with E-state index in [0.717, 1.165) is 18.6 Å². The van der Waals surface area contributed by atoms with Crippen molar-refractivity contribution in [3.8, 4) is 5.75 Å². The van der Waals surface area contributed by atoms with Gasteiger partial charge in [-0.1, -0.05) is 31.4 Å². The number of benzene rings is 1. The van der Waals surface area contributed by atoms with Crippen LogP contribution < -0.4 is 4.74 Å². The average Bonchev–Trinajstić information content (AvgIpc) is 2.62. The van der Waals surface area contributed by atoms with E-state index < -0.39 is 0 Å². The first-order valence-electron chi connectivity index (χ1n) is 8.55. The lowest BCUT2D eigenvalue weighted by Crippen LogP contribution is -2.48. The van der Waals surface area contributed by atoms with Crippen molar-refractivity contribution in [3.63, 3.8) is 0 Å². The van der Waals surface area contributed by atoms with E-state index in [4.69, 9.17) is 4.74 Å². The highest BCUT2D eigenvalue weighted by Gasteiger charge is 2.58. The van der Waals surface area contributed by atoms with E-state index in [-0.39, 0.29) is 21.6 Å². The molecule has 0 spiro atoms. The van der Waals surface area contributed by atoms with Gasteiger partial charge in [0.25, 0.3) is 0 Å². The summed E-state index contributed by atoms with van der Waals surface area (Å²) in [6.45, 7) is 6.11. The summed E-state index contributed by atoms with van der Waals surface area (Å²) in [5.74, 6) is 1.09. The Morgan fingerprint density at radius 3 is 2.52 bits per heavy atom. The molecule has 0 radical (unpaired) electrons. The van der Waals surface area contributed by atoms with Crippen LogP contribution >= 0.6 is 11.8 Å². The van der Waals surface area contributed by atoms with Gasteiger partial charge in [-0.3, -0.25) is 4.79 Å². The molecule has 1 amide bonds. The van der Waals surface area contributed by atoms with Gasteiger partial charge in [0.15, 0.2) is 0 Å². The van der Waals surface area contributed by atoms with Gasteiger partial charge in [0.05, 0.1) is 22.8 Å². The van der Waals surface area contributed by atoms with Gasteiger partial charge in [0.1, 0.15) is 5.75 Å². The van der Waals surface area contributed by atoms with Gasteiger partial charge in [-0.05, 0) is 44.4 Å². The van der Waals surface area contributed by atoms with E-state index >= 15 is 0 Å². The van der Waals surface area contributed by atoms with Gasteiger partial charge in [0.2, 0.25) is 5.91 Å². The van der Waals surface area contributed by atoms with E-state index in [1.807, 2.05) is 11.8 Å². The largest absolute Gasteiger partial charge is 0.497 e. The highest BCUT2D eigenvalue weighted by molar-refractivity contribution is 8.01. The standard InChI is InChI=1S/C19H27NO2S/c1-14(21)20-17-8-6-5-7-13-19(17,23-18(20,2)3)15-9-11-16(22-4)12-10-15/h9-12,17H,5-8,13H2,1-4H3/t17-,19-/m1/s1. The molecule has 2 fully saturated rings. The number of carbonyl (C=O) groups excluding carboxylic acids is 1. The molecule has 3 rings (SSSR count). The van der Waals surface area contributed by atoms with Crippen LogP contribution in [0.3, 0.4) is 0 Å². The number of carbonyl (C=O) groups is 1. The molecule has 1 saturated heterocycles. The Bertz CT molecular complexity index is 584. The molecule has 1 aromatic carbocycles. The number of hydrogen-bond donors (Lipinski definition) is 0. The quantitative estimate of drug-likeness (QED) is 0.795. The van der Waals surface area contributed by atoms with Crippen molar-refractivity contribution < 1.29 is 9.53 Å². The fraction of sp³-hybridized carbons (Fsp3) is 0.632. The van der Waals surface area contributed by atoms with Crippen LogP contribution in [0, 0.1) is 0 Å². The molecule has 0 N–H and O–H groups in total. The Hall–Kier alpha value is -1.16. The fourth-order valence-corrected chi connectivity index (χ4v) is 6.60. The Balaban J connectivity index is 2.08. The van der Waals surface area contributed by atoms with Gasteiger partial charge in [-0.25, -0.2) is 0 Å². The van der Waals surface area contributed by atoms with E-state index in [0.29, 0.717) is 0 Å². The van der Waals surface area contributed by atoms with Gasteiger partial charge in [-0.15, -0.1) is 11.8 Å². The Kier molecular flexibility index (Phi) is 4.39. The first-order chi connectivity index (χ1) is 10.9. The number of rotatable bonds is 2. The van der Waals surface area contributed by atoms with E-state index in [9.17, 15) is 4.79 Å². The monoisotopic (exact) mass is 333 g/mol. The summed E-state index contributed by atoms with van der Waals surface area (Å²) < 4.78 is 5.33. The third-order valence-electron chi connectivity index (χ3n) is 5.31. The van der Waals surface area contributed by atoms with Crippen molar-refractivity contribution in [2.24, 2.45) is 0 Å². The van der Waals surface area contributed by atoms with Crippen molar-refractivity contribution in [2.75, 3.05) is 7.11 Å². The third kappa shape index (κ3) is 2.75. The smallest absolute Gasteiger partial charge is 0.220 e. The minimum Gasteiger partial charge on any atom is -0.497 e. The number of ether oxygens (including phenoxy) is 1. The lowest BCUT2D eigenvalue weighted by Gasteiger charge is -2.37. The van der Waals surface area contributed by atoms with E-state index in [1.165, 1.54) is 24.8 Å². The number of amides is 1. The third-order valence-corrected chi connectivity index (χ3v) is 7.08. The van der Waals surface area contributed by atoms with Crippen molar-refractivity contribution in [3.05, 3.63) is 29.8 Å². The molecule has 1 aromatic rings. The van der Waals surface area contributed by atoms with Crippen LogP contribution in [0.1, 0.15) is 58.4 Å². The van der Waals surface area contributed by atoms with E-state index in [1.54, 1.807) is 14.0 Å². The molecule has 2 atom stereocenters. The normalized spacial score (nSPS) is 29.7. The predicted molar refractivity (Wildman–Crippen MR) is 95.7 cm³/mol. The second kappa shape index (κ2) is 6.04. The maximum atomic E-state index is 12.4. The van der Waals surface area contributed by atoms with Crippen LogP contribution in [-0.4, -0.2) is 28.8 Å². The summed E-state index contributed by atoms with van der Waals surface area (Å²) in [4.78, 5) is 14.4. The van der Waals surface area contributed by atoms with Crippen LogP contribution in [0.4, 0.5) is 0 Å². The molecule has 1 heterocycles. The maximum absolute atomic E-state index is 12.4. The summed E-state index contributed by atoms with van der Waals surface area (Å²) >= 11 is 1.98. The Morgan fingerprint density at radius 1 is 1.22 bits per heavy atom. The van der Waals surface area contributed by atoms with Crippen molar-refractivity contribution >= 4 is 17.7 Å². The van der Waals surface area contributed by atoms with Crippen molar-refractivity contribution in [1.82, 2.24) is 4.90 Å². The summed E-state index contributed by atoms with van der Waals surface area (Å²) in [5.41, 5.74) is 1.34. The highest BCUT2D eigenvalue weighted by Crippen LogP contribution is 2.61. The van der Waals surface area contributed by atoms with Gasteiger partial charge in [0, 0.05) is 6.92 Å². The Morgan fingerprint density at radius 2 is 1.91 bits per heavy atom. The number of methoxy groups -OCH3 is 1. The highest BCUT2D eigenvalue weighted by atomic mass is 32.2. The fourth-order valence-electron chi connectivity index (χ4n) is 4.50. The second-order valence-electron chi connectivity index (χ2n) is 7.17. The topological polar surface area (TPSA) is 29.5 Å². The number of nitrogens with zero attached hydrogens (tertiary/aromatic N) is 1. The summed E-state index contributed by atoms with van der Waals surface area (Å²) in [6.07, 6.45) is 5.95. The number of hydrogen-bond acceptors (Lipinski definition) is 3. The van der Waals surface area contributed by atoms with Gasteiger partial charge < -0.3 is 9.64 Å². The van der Waals surface area contributed by atoms with Crippen LogP contribution in [0.5, 0.6) is 5.75 Å². The lowest BCUT2D eigenvalue weighted by atomic mass is 9.85. The van der Waals surface area contributed by atoms with Crippen LogP contribution in [0.25, 0.3) is 0 Å². The van der Waals surface area contributed by atoms with Crippen LogP contribution in [-0.2, 0) is 9.54 Å². The molecule has 4 heteroatoms. The van der Waals surface area contributed by atoms with Crippen molar-refractivity contribution in [2.45, 2.75) is 68.5 Å². The number of fused-ring (bicyclic) bond motifs is 1. The molecule has 1 aliphatic carbocycles. The number of thioether (sulfide) groups is 1. The maximum Gasteiger partial charge on any atom is 0.220 e. The van der Waals surface area contributed by atoms with Crippen LogP contribution in [0.15, 0.2) is 24.3 Å². The molecule has 3 nitrogen and oxygen atoms in total. The molecule has 0 unspecified atom stereocenters. The molecule has 1 aliphatic heterocycles. The minimum absolute atomic E-state index is 0.0118. The lowest BCUT2D eigenvalue weighted by molar-refractivity contribution is -0.134. The first-order valence-corrected chi connectivity index (χ1v) is 9.37. The molecule has 23 heavy (non-hydrogen) atoms.